The lowest BCUT2D eigenvalue weighted by Gasteiger charge is -2.03. The van der Waals surface area contributed by atoms with Crippen molar-refractivity contribution in [2.45, 2.75) is 19.3 Å². The van der Waals surface area contributed by atoms with E-state index < -0.39 is 0 Å². The van der Waals surface area contributed by atoms with Crippen LogP contribution in [0.15, 0.2) is 22.8 Å². The predicted octanol–water partition coefficient (Wildman–Crippen LogP) is 5.46. The van der Waals surface area contributed by atoms with Crippen LogP contribution in [0.2, 0.25) is 15.1 Å². The van der Waals surface area contributed by atoms with Gasteiger partial charge in [-0.25, -0.2) is 4.98 Å². The van der Waals surface area contributed by atoms with Gasteiger partial charge in [0, 0.05) is 5.02 Å². The zero-order valence-corrected chi connectivity index (χ0v) is 11.8. The molecule has 0 N–H and O–H groups in total. The Balaban J connectivity index is 2.34. The van der Waals surface area contributed by atoms with E-state index in [1.807, 2.05) is 0 Å². The maximum atomic E-state index is 6.10. The highest BCUT2D eigenvalue weighted by molar-refractivity contribution is 6.41. The molecule has 1 heterocycles. The van der Waals surface area contributed by atoms with Gasteiger partial charge in [-0.1, -0.05) is 48.1 Å². The van der Waals surface area contributed by atoms with Crippen molar-refractivity contribution in [3.8, 4) is 11.5 Å². The van der Waals surface area contributed by atoms with Gasteiger partial charge in [0.15, 0.2) is 0 Å². The molecule has 1 radical (unpaired) electrons. The smallest absolute Gasteiger partial charge is 0.229 e. The van der Waals surface area contributed by atoms with E-state index in [9.17, 15) is 0 Å². The van der Waals surface area contributed by atoms with Crippen LogP contribution < -0.4 is 0 Å². The topological polar surface area (TPSA) is 26.0 Å². The van der Waals surface area contributed by atoms with Crippen LogP contribution >= 0.6 is 34.8 Å². The van der Waals surface area contributed by atoms with Crippen molar-refractivity contribution >= 4 is 34.8 Å². The zero-order valence-electron chi connectivity index (χ0n) is 9.55. The first kappa shape index (κ1) is 13.7. The number of aryl methyl sites for hydroxylation is 1. The lowest BCUT2D eigenvalue weighted by Crippen LogP contribution is -1.86. The average Bonchev–Trinajstić information content (AvgIpc) is 2.73. The van der Waals surface area contributed by atoms with Crippen LogP contribution in [-0.4, -0.2) is 4.98 Å². The molecule has 2 rings (SSSR count). The average molecular weight is 304 g/mol. The second-order valence-electron chi connectivity index (χ2n) is 3.85. The molecule has 1 aromatic heterocycles. The number of unbranched alkanes of at least 4 members (excludes halogenated alkanes) is 1. The monoisotopic (exact) mass is 302 g/mol. The summed E-state index contributed by atoms with van der Waals surface area (Å²) in [7, 11) is 0. The first-order valence-corrected chi connectivity index (χ1v) is 6.63. The van der Waals surface area contributed by atoms with Crippen LogP contribution in [0.4, 0.5) is 0 Å². The Hall–Kier alpha value is -0.700. The number of oxazole rings is 1. The number of hydrogen-bond donors (Lipinski definition) is 0. The van der Waals surface area contributed by atoms with Gasteiger partial charge < -0.3 is 4.42 Å². The highest BCUT2D eigenvalue weighted by Crippen LogP contribution is 2.36. The Morgan fingerprint density at radius 3 is 2.44 bits per heavy atom. The third kappa shape index (κ3) is 3.00. The summed E-state index contributed by atoms with van der Waals surface area (Å²) in [6, 6.07) is 3.23. The molecule has 1 aromatic carbocycles. The third-order valence-electron chi connectivity index (χ3n) is 2.46. The summed E-state index contributed by atoms with van der Waals surface area (Å²) in [5.41, 5.74) is 1.44. The molecular formula is C13H11Cl3NO. The van der Waals surface area contributed by atoms with Crippen molar-refractivity contribution in [3.05, 3.63) is 46.1 Å². The van der Waals surface area contributed by atoms with Crippen molar-refractivity contribution in [1.82, 2.24) is 4.98 Å². The van der Waals surface area contributed by atoms with Crippen LogP contribution in [0, 0.1) is 6.92 Å². The van der Waals surface area contributed by atoms with Gasteiger partial charge in [-0.15, -0.1) is 0 Å². The van der Waals surface area contributed by atoms with Crippen molar-refractivity contribution in [1.29, 1.82) is 0 Å². The number of benzene rings is 1. The summed E-state index contributed by atoms with van der Waals surface area (Å²) in [6.07, 6.45) is 4.28. The Morgan fingerprint density at radius 1 is 1.17 bits per heavy atom. The molecule has 0 fully saturated rings. The van der Waals surface area contributed by atoms with Gasteiger partial charge >= 0.3 is 0 Å². The second-order valence-corrected chi connectivity index (χ2v) is 5.10. The Labute approximate surface area is 121 Å². The van der Waals surface area contributed by atoms with Crippen molar-refractivity contribution in [2.24, 2.45) is 0 Å². The summed E-state index contributed by atoms with van der Waals surface area (Å²) >= 11 is 18.1. The molecule has 18 heavy (non-hydrogen) atoms. The first-order chi connectivity index (χ1) is 8.61. The normalized spacial score (nSPS) is 10.9. The minimum atomic E-state index is 0.417. The highest BCUT2D eigenvalue weighted by atomic mass is 35.5. The van der Waals surface area contributed by atoms with E-state index in [0.29, 0.717) is 26.5 Å². The molecule has 0 aliphatic carbocycles. The van der Waals surface area contributed by atoms with Crippen LogP contribution in [0.3, 0.4) is 0 Å². The fourth-order valence-corrected chi connectivity index (χ4v) is 2.57. The molecule has 2 nitrogen and oxygen atoms in total. The van der Waals surface area contributed by atoms with E-state index in [1.54, 1.807) is 18.4 Å². The largest absolute Gasteiger partial charge is 0.444 e. The molecule has 5 heteroatoms. The minimum absolute atomic E-state index is 0.417. The summed E-state index contributed by atoms with van der Waals surface area (Å²) in [6.45, 7) is 3.79. The van der Waals surface area contributed by atoms with E-state index in [1.165, 1.54) is 0 Å². The summed E-state index contributed by atoms with van der Waals surface area (Å²) < 4.78 is 5.41. The molecule has 0 bridgehead atoms. The molecule has 0 amide bonds. The maximum Gasteiger partial charge on any atom is 0.229 e. The van der Waals surface area contributed by atoms with E-state index in [-0.39, 0.29) is 0 Å². The van der Waals surface area contributed by atoms with Gasteiger partial charge in [0.2, 0.25) is 5.89 Å². The molecule has 95 valence electrons. The lowest BCUT2D eigenvalue weighted by molar-refractivity contribution is 0.572. The number of nitrogens with zero attached hydrogens (tertiary/aromatic N) is 1. The molecule has 0 aliphatic heterocycles. The molecule has 0 aliphatic rings. The fraction of sp³-hybridized carbons (Fsp3) is 0.231. The predicted molar refractivity (Wildman–Crippen MR) is 75.3 cm³/mol. The third-order valence-corrected chi connectivity index (χ3v) is 3.27. The quantitative estimate of drug-likeness (QED) is 0.749. The van der Waals surface area contributed by atoms with Gasteiger partial charge in [0.05, 0.1) is 21.3 Å². The summed E-state index contributed by atoms with van der Waals surface area (Å²) in [4.78, 5) is 4.36. The molecule has 0 atom stereocenters. The minimum Gasteiger partial charge on any atom is -0.444 e. The standard InChI is InChI=1S/C13H11Cl3NO/c1-2-3-4-9-7-18-13(17-9)12-10(15)5-8(14)6-11(12)16/h5-7H,1-4H2. The van der Waals surface area contributed by atoms with Crippen LogP contribution in [0.25, 0.3) is 11.5 Å². The first-order valence-electron chi connectivity index (χ1n) is 5.50. The molecule has 0 unspecified atom stereocenters. The Bertz CT molecular complexity index is 528. The van der Waals surface area contributed by atoms with Crippen molar-refractivity contribution in [3.63, 3.8) is 0 Å². The van der Waals surface area contributed by atoms with Gasteiger partial charge in [-0.2, -0.15) is 0 Å². The molecule has 2 aromatic rings. The Kier molecular flexibility index (Phi) is 4.55. The molecular weight excluding hydrogens is 293 g/mol. The van der Waals surface area contributed by atoms with Crippen molar-refractivity contribution < 1.29 is 4.42 Å². The number of aromatic nitrogens is 1. The van der Waals surface area contributed by atoms with Gasteiger partial charge in [-0.3, -0.25) is 0 Å². The summed E-state index contributed by atoms with van der Waals surface area (Å²) in [5.74, 6) is 0.417. The number of halogens is 3. The van der Waals surface area contributed by atoms with Crippen molar-refractivity contribution in [2.75, 3.05) is 0 Å². The number of hydrogen-bond acceptors (Lipinski definition) is 2. The lowest BCUT2D eigenvalue weighted by atomic mass is 10.2. The van der Waals surface area contributed by atoms with Crippen LogP contribution in [-0.2, 0) is 6.42 Å². The van der Waals surface area contributed by atoms with Gasteiger partial charge in [0.25, 0.3) is 0 Å². The van der Waals surface area contributed by atoms with Gasteiger partial charge in [0.1, 0.15) is 6.26 Å². The van der Waals surface area contributed by atoms with Crippen LogP contribution in [0.5, 0.6) is 0 Å². The maximum absolute atomic E-state index is 6.10. The summed E-state index contributed by atoms with van der Waals surface area (Å²) in [5, 5.41) is 1.34. The zero-order chi connectivity index (χ0) is 13.1. The molecule has 0 saturated heterocycles. The molecule has 0 spiro atoms. The van der Waals surface area contributed by atoms with E-state index in [0.717, 1.165) is 25.0 Å². The number of rotatable bonds is 4. The van der Waals surface area contributed by atoms with Crippen LogP contribution in [0.1, 0.15) is 18.5 Å². The molecule has 0 saturated carbocycles. The van der Waals surface area contributed by atoms with E-state index in [4.69, 9.17) is 39.2 Å². The highest BCUT2D eigenvalue weighted by Gasteiger charge is 2.15. The second kappa shape index (κ2) is 5.96. The van der Waals surface area contributed by atoms with E-state index in [2.05, 4.69) is 11.9 Å². The SMILES string of the molecule is [CH2]CCCc1coc(-c2c(Cl)cc(Cl)cc2Cl)n1. The Morgan fingerprint density at radius 2 is 1.83 bits per heavy atom. The van der Waals surface area contributed by atoms with Gasteiger partial charge in [-0.05, 0) is 25.0 Å². The van der Waals surface area contributed by atoms with E-state index >= 15 is 0 Å². The fourth-order valence-electron chi connectivity index (χ4n) is 1.59.